The maximum Gasteiger partial charge on any atom is 0.324 e. The van der Waals surface area contributed by atoms with Gasteiger partial charge in [-0.3, -0.25) is 0 Å². The van der Waals surface area contributed by atoms with Crippen LogP contribution in [0.4, 0.5) is 0 Å². The van der Waals surface area contributed by atoms with E-state index >= 15 is 0 Å². The molecule has 0 spiro atoms. The first kappa shape index (κ1) is 9.74. The van der Waals surface area contributed by atoms with Gasteiger partial charge in [0.2, 0.25) is 0 Å². The van der Waals surface area contributed by atoms with Crippen LogP contribution < -0.4 is 11.1 Å². The zero-order valence-corrected chi connectivity index (χ0v) is 9.65. The van der Waals surface area contributed by atoms with Crippen molar-refractivity contribution in [2.24, 2.45) is 5.64 Å². The van der Waals surface area contributed by atoms with Crippen LogP contribution in [0.25, 0.3) is 0 Å². The van der Waals surface area contributed by atoms with Gasteiger partial charge in [0.25, 0.3) is 0 Å². The first-order chi connectivity index (χ1) is 3.80. The summed E-state index contributed by atoms with van der Waals surface area (Å²) in [6.45, 7) is 0. The van der Waals surface area contributed by atoms with Gasteiger partial charge in [0.15, 0.2) is 0 Å². The van der Waals surface area contributed by atoms with Crippen LogP contribution in [0.3, 0.4) is 0 Å². The van der Waals surface area contributed by atoms with E-state index in [0.717, 1.165) is 5.46 Å². The van der Waals surface area contributed by atoms with Crippen LogP contribution in [-0.4, -0.2) is 12.1 Å². The van der Waals surface area contributed by atoms with Crippen molar-refractivity contribution in [2.75, 3.05) is 0 Å². The Morgan fingerprint density at radius 1 is 1.78 bits per heavy atom. The van der Waals surface area contributed by atoms with Crippen LogP contribution in [0.5, 0.6) is 0 Å². The minimum Gasteiger partial charge on any atom is -0.444 e. The van der Waals surface area contributed by atoms with E-state index in [2.05, 4.69) is 5.38 Å². The van der Waals surface area contributed by atoms with Gasteiger partial charge in [0.1, 0.15) is 0 Å². The smallest absolute Gasteiger partial charge is 0.324 e. The molecule has 1 aromatic heterocycles. The van der Waals surface area contributed by atoms with E-state index in [0.29, 0.717) is 0 Å². The molecule has 0 aliphatic rings. The number of hydrogen-bond acceptors (Lipinski definition) is 3. The fourth-order valence-electron chi connectivity index (χ4n) is 0.393. The number of hydrogen-bond donors (Lipinski definition) is 2. The van der Waals surface area contributed by atoms with E-state index < -0.39 is 7.05 Å². The Labute approximate surface area is 82.0 Å². The number of nitrogens with two attached hydrogens (primary N) is 1. The Bertz CT molecular complexity index is 156. The first-order valence-corrected chi connectivity index (χ1v) is 3.07. The summed E-state index contributed by atoms with van der Waals surface area (Å²) in [5.74, 6) is 0. The standard InChI is InChI=1S/C4H5BNOS.U/c6-5(7)4-1-2-8-3-4;/h1,3,7H,6H2;/q-1;. The minimum atomic E-state index is -0.836. The van der Waals surface area contributed by atoms with Crippen LogP contribution >= 0.6 is 11.3 Å². The molecule has 1 aromatic rings. The molecule has 0 amide bonds. The predicted octanol–water partition coefficient (Wildman–Crippen LogP) is -0.806. The number of rotatable bonds is 1. The fourth-order valence-corrected chi connectivity index (χ4v) is 1.01. The quantitative estimate of drug-likeness (QED) is 0.506. The second-order valence-corrected chi connectivity index (χ2v) is 2.15. The molecule has 0 bridgehead atoms. The van der Waals surface area contributed by atoms with Gasteiger partial charge in [0.05, 0.1) is 0 Å². The van der Waals surface area contributed by atoms with Crippen molar-refractivity contribution in [3.63, 3.8) is 0 Å². The molecule has 0 saturated carbocycles. The van der Waals surface area contributed by atoms with E-state index in [4.69, 9.17) is 10.7 Å². The molecule has 0 fully saturated rings. The molecule has 0 saturated heterocycles. The van der Waals surface area contributed by atoms with E-state index in [1.807, 2.05) is 0 Å². The fraction of sp³-hybridized carbons (Fsp3) is 0. The summed E-state index contributed by atoms with van der Waals surface area (Å²) in [4.78, 5) is 0. The topological polar surface area (TPSA) is 46.2 Å². The molecule has 1 rings (SSSR count). The summed E-state index contributed by atoms with van der Waals surface area (Å²) in [7, 11) is -0.836. The predicted molar refractivity (Wildman–Crippen MR) is 34.9 cm³/mol. The second-order valence-electron chi connectivity index (χ2n) is 1.44. The van der Waals surface area contributed by atoms with Crippen LogP contribution in [0.2, 0.25) is 0 Å². The van der Waals surface area contributed by atoms with E-state index in [9.17, 15) is 0 Å². The van der Waals surface area contributed by atoms with Gasteiger partial charge in [-0.25, -0.2) is 0 Å². The molecule has 0 radical (unpaired) electrons. The monoisotopic (exact) mass is 364 g/mol. The molecular weight excluding hydrogens is 359 g/mol. The van der Waals surface area contributed by atoms with Crippen LogP contribution in [-0.2, 0) is 0 Å². The molecular formula is C4H5BNOSU-. The Balaban J connectivity index is 0.000000640. The maximum atomic E-state index is 8.68. The van der Waals surface area contributed by atoms with Crippen molar-refractivity contribution in [2.45, 2.75) is 0 Å². The minimum absolute atomic E-state index is 0. The summed E-state index contributed by atoms with van der Waals surface area (Å²) in [6, 6.07) is 1.68. The SMILES string of the molecule is NB(O)c1c[c-]sc1.[U]. The van der Waals surface area contributed by atoms with Crippen LogP contribution in [0, 0.1) is 36.5 Å². The zero-order valence-electron chi connectivity index (χ0n) is 4.66. The van der Waals surface area contributed by atoms with Gasteiger partial charge in [-0.2, -0.15) is 16.9 Å². The summed E-state index contributed by atoms with van der Waals surface area (Å²) in [6.07, 6.45) is 0. The third-order valence-corrected chi connectivity index (χ3v) is 1.47. The largest absolute Gasteiger partial charge is 0.444 e. The molecule has 0 atom stereocenters. The van der Waals surface area contributed by atoms with Gasteiger partial charge >= 0.3 is 7.05 Å². The normalized spacial score (nSPS) is 8.22. The molecule has 0 unspecified atom stereocenters. The molecule has 3 N–H and O–H groups in total. The van der Waals surface area contributed by atoms with Gasteiger partial charge in [-0.1, -0.05) is 0 Å². The summed E-state index contributed by atoms with van der Waals surface area (Å²) >= 11 is 1.40. The van der Waals surface area contributed by atoms with Gasteiger partial charge in [-0.05, 0) is 0 Å². The number of thiophene rings is 1. The van der Waals surface area contributed by atoms with E-state index in [1.54, 1.807) is 11.4 Å². The molecule has 5 heteroatoms. The van der Waals surface area contributed by atoms with Crippen molar-refractivity contribution < 1.29 is 36.1 Å². The van der Waals surface area contributed by atoms with Crippen molar-refractivity contribution >= 4 is 23.9 Å². The average molecular weight is 364 g/mol. The molecule has 0 aliphatic carbocycles. The Kier molecular flexibility index (Phi) is 4.91. The third kappa shape index (κ3) is 2.88. The van der Waals surface area contributed by atoms with Gasteiger partial charge in [-0.15, -0.1) is 5.38 Å². The average Bonchev–Trinajstić information content (AvgIpc) is 2.12. The van der Waals surface area contributed by atoms with Crippen LogP contribution in [0.15, 0.2) is 11.4 Å². The summed E-state index contributed by atoms with van der Waals surface area (Å²) in [5.41, 5.74) is 5.83. The molecule has 2 nitrogen and oxygen atoms in total. The van der Waals surface area contributed by atoms with Crippen LogP contribution in [0.1, 0.15) is 0 Å². The molecule has 1 heterocycles. The molecule has 0 aliphatic heterocycles. The van der Waals surface area contributed by atoms with Gasteiger partial charge < -0.3 is 22.0 Å². The van der Waals surface area contributed by atoms with Gasteiger partial charge in [0, 0.05) is 31.1 Å². The van der Waals surface area contributed by atoms with Crippen molar-refractivity contribution in [3.8, 4) is 0 Å². The van der Waals surface area contributed by atoms with E-state index in [-0.39, 0.29) is 31.1 Å². The summed E-state index contributed by atoms with van der Waals surface area (Å²) < 4.78 is 0. The Morgan fingerprint density at radius 3 is 2.67 bits per heavy atom. The molecule has 9 heavy (non-hydrogen) atoms. The summed E-state index contributed by atoms with van der Waals surface area (Å²) in [5, 5.41) is 13.3. The van der Waals surface area contributed by atoms with Crippen molar-refractivity contribution in [1.82, 2.24) is 0 Å². The second kappa shape index (κ2) is 4.54. The zero-order chi connectivity index (χ0) is 5.98. The van der Waals surface area contributed by atoms with Crippen molar-refractivity contribution in [1.29, 1.82) is 0 Å². The Hall–Kier alpha value is 0.737. The Morgan fingerprint density at radius 2 is 2.44 bits per heavy atom. The van der Waals surface area contributed by atoms with Crippen molar-refractivity contribution in [3.05, 3.63) is 16.8 Å². The molecule has 46 valence electrons. The van der Waals surface area contributed by atoms with E-state index in [1.165, 1.54) is 11.3 Å². The first-order valence-electron chi connectivity index (χ1n) is 2.19. The third-order valence-electron chi connectivity index (χ3n) is 0.830. The maximum absolute atomic E-state index is 8.68. The molecule has 0 aromatic carbocycles.